The predicted molar refractivity (Wildman–Crippen MR) is 280 cm³/mol. The first-order valence-corrected chi connectivity index (χ1v) is 22.5. The van der Waals surface area contributed by atoms with Gasteiger partial charge in [0.1, 0.15) is 0 Å². The lowest BCUT2D eigenvalue weighted by atomic mass is 9.79. The van der Waals surface area contributed by atoms with E-state index in [-0.39, 0.29) is 5.54 Å². The van der Waals surface area contributed by atoms with Crippen LogP contribution in [0.25, 0.3) is 88.2 Å². The molecule has 8 aromatic carbocycles. The van der Waals surface area contributed by atoms with Gasteiger partial charge in [-0.05, 0) is 128 Å². The summed E-state index contributed by atoms with van der Waals surface area (Å²) in [5, 5.41) is 7.50. The van der Waals surface area contributed by atoms with Crippen LogP contribution in [0.1, 0.15) is 41.2 Å². The van der Waals surface area contributed by atoms with E-state index in [1.807, 2.05) is 24.3 Å². The van der Waals surface area contributed by atoms with E-state index in [9.17, 15) is 0 Å². The zero-order valence-corrected chi connectivity index (χ0v) is 36.4. The first kappa shape index (κ1) is 38.5. The van der Waals surface area contributed by atoms with Crippen LogP contribution < -0.4 is 4.90 Å². The summed E-state index contributed by atoms with van der Waals surface area (Å²) in [4.78, 5) is 2.61. The third kappa shape index (κ3) is 5.74. The second-order valence-electron chi connectivity index (χ2n) is 17.5. The van der Waals surface area contributed by atoms with Crippen LogP contribution in [0.15, 0.2) is 232 Å². The Hall–Kier alpha value is -8.20. The van der Waals surface area contributed by atoms with E-state index >= 15 is 0 Å². The zero-order chi connectivity index (χ0) is 43.8. The van der Waals surface area contributed by atoms with Gasteiger partial charge in [-0.25, -0.2) is 0 Å². The molecule has 0 N–H and O–H groups in total. The molecule has 0 fully saturated rings. The molecular formula is C63H46N2. The van der Waals surface area contributed by atoms with E-state index in [0.29, 0.717) is 0 Å². The van der Waals surface area contributed by atoms with Crippen molar-refractivity contribution in [2.24, 2.45) is 0 Å². The summed E-state index contributed by atoms with van der Waals surface area (Å²) in [5.41, 5.74) is 19.1. The van der Waals surface area contributed by atoms with E-state index in [1.54, 1.807) is 0 Å². The van der Waals surface area contributed by atoms with E-state index in [1.165, 1.54) is 99.1 Å². The Morgan fingerprint density at radius 1 is 0.569 bits per heavy atom. The Balaban J connectivity index is 0.953. The van der Waals surface area contributed by atoms with E-state index < -0.39 is 0 Å². The third-order valence-corrected chi connectivity index (χ3v) is 14.1. The molecule has 3 aliphatic rings. The van der Waals surface area contributed by atoms with Crippen molar-refractivity contribution in [3.63, 3.8) is 0 Å². The highest BCUT2D eigenvalue weighted by molar-refractivity contribution is 6.20. The Labute approximate surface area is 380 Å². The lowest BCUT2D eigenvalue weighted by Crippen LogP contribution is -2.42. The Morgan fingerprint density at radius 2 is 1.25 bits per heavy atom. The topological polar surface area (TPSA) is 8.17 Å². The third-order valence-electron chi connectivity index (χ3n) is 14.1. The molecule has 0 bridgehead atoms. The first-order valence-electron chi connectivity index (χ1n) is 22.5. The number of allylic oxidation sites excluding steroid dienone is 10. The van der Waals surface area contributed by atoms with Crippen LogP contribution in [0.4, 0.5) is 5.69 Å². The highest BCUT2D eigenvalue weighted by Gasteiger charge is 2.47. The number of para-hydroxylation sites is 1. The van der Waals surface area contributed by atoms with E-state index in [0.717, 1.165) is 29.0 Å². The molecule has 1 aliphatic heterocycles. The van der Waals surface area contributed by atoms with E-state index in [2.05, 4.69) is 224 Å². The van der Waals surface area contributed by atoms with Gasteiger partial charge in [0.25, 0.3) is 0 Å². The van der Waals surface area contributed by atoms with Crippen molar-refractivity contribution in [1.82, 2.24) is 4.57 Å². The average molecular weight is 831 g/mol. The molecule has 0 saturated carbocycles. The number of hydrogen-bond donors (Lipinski definition) is 0. The van der Waals surface area contributed by atoms with E-state index in [4.69, 9.17) is 0 Å². The number of fused-ring (bicyclic) bond motifs is 8. The van der Waals surface area contributed by atoms with Crippen molar-refractivity contribution in [1.29, 1.82) is 0 Å². The van der Waals surface area contributed by atoms with Crippen molar-refractivity contribution >= 4 is 77.0 Å². The fourth-order valence-electron chi connectivity index (χ4n) is 11.1. The van der Waals surface area contributed by atoms with Gasteiger partial charge in [0.15, 0.2) is 0 Å². The normalized spacial score (nSPS) is 16.7. The lowest BCUT2D eigenvalue weighted by Gasteiger charge is -2.41. The summed E-state index contributed by atoms with van der Waals surface area (Å²) < 4.78 is 2.42. The van der Waals surface area contributed by atoms with Crippen molar-refractivity contribution < 1.29 is 0 Å². The molecule has 308 valence electrons. The molecule has 2 heterocycles. The second-order valence-corrected chi connectivity index (χ2v) is 17.5. The van der Waals surface area contributed by atoms with Crippen molar-refractivity contribution in [3.05, 3.63) is 260 Å². The molecule has 1 unspecified atom stereocenters. The number of nitrogens with zero attached hydrogens (tertiary/aromatic N) is 2. The zero-order valence-electron chi connectivity index (χ0n) is 36.4. The van der Waals surface area contributed by atoms with Crippen LogP contribution in [0, 0.1) is 0 Å². The molecule has 65 heavy (non-hydrogen) atoms. The fraction of sp³-hybridized carbons (Fsp3) is 0.0476. The highest BCUT2D eigenvalue weighted by atomic mass is 15.2. The summed E-state index contributed by atoms with van der Waals surface area (Å²) in [7, 11) is 0. The molecule has 0 amide bonds. The van der Waals surface area contributed by atoms with Gasteiger partial charge in [0.05, 0.1) is 22.3 Å². The van der Waals surface area contributed by atoms with Gasteiger partial charge in [0.2, 0.25) is 0 Å². The van der Waals surface area contributed by atoms with Crippen LogP contribution in [0.2, 0.25) is 0 Å². The minimum atomic E-state index is -0.321. The lowest BCUT2D eigenvalue weighted by molar-refractivity contribution is 0.612. The summed E-state index contributed by atoms with van der Waals surface area (Å²) >= 11 is 0. The highest BCUT2D eigenvalue weighted by Crippen LogP contribution is 2.57. The average Bonchev–Trinajstić information content (AvgIpc) is 3.96. The molecule has 1 atom stereocenters. The number of anilines is 1. The van der Waals surface area contributed by atoms with Gasteiger partial charge in [-0.1, -0.05) is 190 Å². The number of benzene rings is 8. The number of rotatable bonds is 9. The largest absolute Gasteiger partial charge is 0.330 e. The molecule has 0 saturated heterocycles. The van der Waals surface area contributed by atoms with Gasteiger partial charge in [-0.15, -0.1) is 0 Å². The van der Waals surface area contributed by atoms with Crippen LogP contribution >= 0.6 is 0 Å². The standard InChI is InChI=1S/C63H46N2/c1-5-8-10-25-58(43-19-11-9-12-20-43)65-62-50-21-14-13-18-41(50)29-33-55(62)57-40-45(37-38-63(57,65)4)44-30-36-60-56(39-44)51-22-15-16-26-59(51)64(60)46-31-27-42(28-32-46)49-34-35-54-48(7-3)47(6-2)52-23-17-24-53(49)61(52)54/h5-37,39-40H,1-3,38H2,4H3/b10-8-,58-25+. The molecular weight excluding hydrogens is 785 g/mol. The Bertz CT molecular complexity index is 3650. The molecule has 0 spiro atoms. The van der Waals surface area contributed by atoms with Gasteiger partial charge < -0.3 is 9.47 Å². The number of aromatic nitrogens is 1. The fourth-order valence-corrected chi connectivity index (χ4v) is 11.1. The second kappa shape index (κ2) is 15.0. The van der Waals surface area contributed by atoms with Crippen LogP contribution in [-0.4, -0.2) is 10.1 Å². The molecule has 9 aromatic rings. The Morgan fingerprint density at radius 3 is 2.05 bits per heavy atom. The first-order chi connectivity index (χ1) is 32.0. The minimum Gasteiger partial charge on any atom is -0.330 e. The maximum atomic E-state index is 4.13. The monoisotopic (exact) mass is 830 g/mol. The van der Waals surface area contributed by atoms with Gasteiger partial charge in [-0.3, -0.25) is 0 Å². The van der Waals surface area contributed by atoms with Gasteiger partial charge in [0, 0.05) is 33.1 Å². The molecule has 2 heteroatoms. The Kier molecular flexibility index (Phi) is 8.86. The van der Waals surface area contributed by atoms with Crippen molar-refractivity contribution in [2.75, 3.05) is 4.90 Å². The quantitative estimate of drug-likeness (QED) is 0.132. The molecule has 1 aromatic heterocycles. The summed E-state index contributed by atoms with van der Waals surface area (Å²) in [6, 6.07) is 60.3. The van der Waals surface area contributed by atoms with Crippen LogP contribution in [0.3, 0.4) is 0 Å². The smallest absolute Gasteiger partial charge is 0.0716 e. The van der Waals surface area contributed by atoms with Gasteiger partial charge in [-0.2, -0.15) is 0 Å². The molecule has 12 rings (SSSR count). The predicted octanol–water partition coefficient (Wildman–Crippen LogP) is 16.6. The van der Waals surface area contributed by atoms with Crippen molar-refractivity contribution in [2.45, 2.75) is 18.9 Å². The van der Waals surface area contributed by atoms with Crippen LogP contribution in [0.5, 0.6) is 0 Å². The maximum Gasteiger partial charge on any atom is 0.0716 e. The summed E-state index contributed by atoms with van der Waals surface area (Å²) in [6.45, 7) is 14.6. The molecule has 0 radical (unpaired) electrons. The summed E-state index contributed by atoms with van der Waals surface area (Å²) in [6.07, 6.45) is 17.9. The number of hydrogen-bond acceptors (Lipinski definition) is 1. The molecule has 2 nitrogen and oxygen atoms in total. The van der Waals surface area contributed by atoms with Crippen LogP contribution in [-0.2, 0) is 0 Å². The molecule has 2 aliphatic carbocycles. The minimum absolute atomic E-state index is 0.321. The SMILES string of the molecule is C=C/C=C\C=C(/c1ccccc1)N1c2c(ccc3ccccc23)C2=CC(c3ccc4c(c3)c3ccccc3n4-c3ccc(-c4ccc5c6c(cccc46)C(C=C)=C5C=C)cc3)=CCC21C. The van der Waals surface area contributed by atoms with Crippen molar-refractivity contribution in [3.8, 4) is 16.8 Å². The maximum absolute atomic E-state index is 4.13. The van der Waals surface area contributed by atoms with Gasteiger partial charge >= 0.3 is 0 Å². The summed E-state index contributed by atoms with van der Waals surface area (Å²) in [5.74, 6) is 0.